The monoisotopic (exact) mass is 766 g/mol. The number of carbonyl (C=O) groups is 1. The fourth-order valence-electron chi connectivity index (χ4n) is 5.74. The number of H-pyrrole nitrogens is 1. The molecule has 5 aromatic rings. The molecule has 0 fully saturated rings. The molecule has 0 unspecified atom stereocenters. The van der Waals surface area contributed by atoms with E-state index in [0.29, 0.717) is 17.2 Å². The third kappa shape index (κ3) is 10.4. The number of aromatic nitrogens is 2. The van der Waals surface area contributed by atoms with Gasteiger partial charge in [-0.1, -0.05) is 72.8 Å². The van der Waals surface area contributed by atoms with Gasteiger partial charge in [0.15, 0.2) is 6.23 Å². The Kier molecular flexibility index (Phi) is 14.1. The van der Waals surface area contributed by atoms with Gasteiger partial charge in [-0.15, -0.1) is 0 Å². The number of hydrogen-bond donors (Lipinski definition) is 1. The Balaban J connectivity index is 1.58. The first kappa shape index (κ1) is 40.2. The van der Waals surface area contributed by atoms with Crippen LogP contribution >= 0.6 is 12.2 Å². The lowest BCUT2D eigenvalue weighted by Crippen LogP contribution is -2.40. The fourth-order valence-corrected chi connectivity index (χ4v) is 5.90. The first-order valence-corrected chi connectivity index (χ1v) is 17.8. The first-order chi connectivity index (χ1) is 26.7. The second-order valence-electron chi connectivity index (χ2n) is 12.0. The van der Waals surface area contributed by atoms with Crippen LogP contribution in [0.5, 0.6) is 17.2 Å². The van der Waals surface area contributed by atoms with Gasteiger partial charge in [0.1, 0.15) is 35.6 Å². The van der Waals surface area contributed by atoms with E-state index < -0.39 is 35.2 Å². The fraction of sp³-hybridized carbons (Fsp3) is 0.238. The summed E-state index contributed by atoms with van der Waals surface area (Å²) in [4.78, 5) is 40.5. The minimum absolute atomic E-state index is 0.151. The molecule has 0 saturated heterocycles. The van der Waals surface area contributed by atoms with Crippen molar-refractivity contribution < 1.29 is 38.0 Å². The molecule has 0 aliphatic heterocycles. The molecule has 55 heavy (non-hydrogen) atoms. The highest BCUT2D eigenvalue weighted by Crippen LogP contribution is 2.42. The molecule has 12 nitrogen and oxygen atoms in total. The smallest absolute Gasteiger partial charge is 0.358 e. The number of nitrogens with zero attached hydrogens (tertiary/aromatic N) is 1. The van der Waals surface area contributed by atoms with Crippen molar-refractivity contribution in [1.29, 1.82) is 0 Å². The van der Waals surface area contributed by atoms with Gasteiger partial charge in [-0.05, 0) is 73.0 Å². The lowest BCUT2D eigenvalue weighted by molar-refractivity contribution is -0.137. The third-order valence-electron chi connectivity index (χ3n) is 8.45. The maximum atomic E-state index is 13.2. The van der Waals surface area contributed by atoms with E-state index in [9.17, 15) is 14.4 Å². The number of ether oxygens (including phenoxy) is 7. The van der Waals surface area contributed by atoms with Gasteiger partial charge in [0.2, 0.25) is 0 Å². The van der Waals surface area contributed by atoms with Crippen LogP contribution in [0.4, 0.5) is 0 Å². The summed E-state index contributed by atoms with van der Waals surface area (Å²) in [6, 6.07) is 33.4. The molecule has 4 aromatic carbocycles. The van der Waals surface area contributed by atoms with E-state index in [1.54, 1.807) is 52.3 Å². The Hall–Kier alpha value is -6.02. The van der Waals surface area contributed by atoms with Gasteiger partial charge < -0.3 is 33.2 Å². The van der Waals surface area contributed by atoms with E-state index in [0.717, 1.165) is 16.7 Å². The molecule has 0 aliphatic rings. The van der Waals surface area contributed by atoms with Gasteiger partial charge in [-0.2, -0.15) is 0 Å². The summed E-state index contributed by atoms with van der Waals surface area (Å²) in [6.45, 7) is 2.89. The molecule has 1 heterocycles. The van der Waals surface area contributed by atoms with Crippen LogP contribution in [0.15, 0.2) is 137 Å². The van der Waals surface area contributed by atoms with Crippen LogP contribution in [0.1, 0.15) is 35.4 Å². The van der Waals surface area contributed by atoms with Crippen LogP contribution in [0.25, 0.3) is 0 Å². The number of para-hydroxylation sites is 1. The first-order valence-electron chi connectivity index (χ1n) is 17.4. The maximum absolute atomic E-state index is 13.2. The standard InChI is InChI=1S/C42H42N2O10S/c1-5-50-38(45)25-24-36(53-37(44-26-29(2)39(46)43-40(44)47)28-51-41(55)54-35-14-10-7-11-15-35)27-52-42(30-12-8-6-9-13-30,31-16-20-33(48-3)21-17-31)32-18-22-34(49-4)23-19-32/h6-26,36-37H,5,27-28H2,1-4H3,(H,43,46,47)/b25-24+/t36-,37+/m0/s1. The van der Waals surface area contributed by atoms with E-state index in [4.69, 9.17) is 45.4 Å². The van der Waals surface area contributed by atoms with Gasteiger partial charge in [0.25, 0.3) is 5.56 Å². The molecule has 286 valence electrons. The van der Waals surface area contributed by atoms with Gasteiger partial charge in [-0.25, -0.2) is 9.59 Å². The van der Waals surface area contributed by atoms with Crippen LogP contribution in [0.2, 0.25) is 0 Å². The number of esters is 1. The molecule has 1 aromatic heterocycles. The zero-order chi connectivity index (χ0) is 39.2. The van der Waals surface area contributed by atoms with Crippen molar-refractivity contribution in [2.75, 3.05) is 34.0 Å². The summed E-state index contributed by atoms with van der Waals surface area (Å²) in [5.74, 6) is 1.13. The number of benzene rings is 4. The summed E-state index contributed by atoms with van der Waals surface area (Å²) in [7, 11) is 3.18. The van der Waals surface area contributed by atoms with Crippen molar-refractivity contribution in [3.8, 4) is 17.2 Å². The normalized spacial score (nSPS) is 12.4. The molecule has 0 bridgehead atoms. The topological polar surface area (TPSA) is 137 Å². The number of thiocarbonyl (C=S) groups is 1. The number of methoxy groups -OCH3 is 2. The molecule has 2 atom stereocenters. The van der Waals surface area contributed by atoms with Crippen LogP contribution in [0.3, 0.4) is 0 Å². The van der Waals surface area contributed by atoms with E-state index in [1.165, 1.54) is 22.9 Å². The van der Waals surface area contributed by atoms with Gasteiger partial charge in [-0.3, -0.25) is 14.3 Å². The lowest BCUT2D eigenvalue weighted by Gasteiger charge is -2.37. The van der Waals surface area contributed by atoms with Gasteiger partial charge >= 0.3 is 16.9 Å². The Morgan fingerprint density at radius 1 is 0.782 bits per heavy atom. The zero-order valence-electron chi connectivity index (χ0n) is 30.8. The highest BCUT2D eigenvalue weighted by molar-refractivity contribution is 7.79. The number of nitrogens with one attached hydrogen (secondary N) is 1. The van der Waals surface area contributed by atoms with Crippen molar-refractivity contribution in [3.63, 3.8) is 0 Å². The average Bonchev–Trinajstić information content (AvgIpc) is 3.21. The minimum atomic E-state index is -1.25. The zero-order valence-corrected chi connectivity index (χ0v) is 31.7. The Labute approximate surface area is 323 Å². The molecule has 13 heteroatoms. The van der Waals surface area contributed by atoms with Crippen molar-refractivity contribution in [1.82, 2.24) is 9.55 Å². The van der Waals surface area contributed by atoms with E-state index in [1.807, 2.05) is 84.9 Å². The average molecular weight is 767 g/mol. The Bertz CT molecular complexity index is 2100. The summed E-state index contributed by atoms with van der Waals surface area (Å²) in [6.07, 6.45) is 1.82. The largest absolute Gasteiger partial charge is 0.497 e. The number of carbonyl (C=O) groups excluding carboxylic acids is 1. The molecule has 0 radical (unpaired) electrons. The molecule has 1 N–H and O–H groups in total. The molecule has 0 spiro atoms. The summed E-state index contributed by atoms with van der Waals surface area (Å²) >= 11 is 5.35. The molecular weight excluding hydrogens is 725 g/mol. The highest BCUT2D eigenvalue weighted by atomic mass is 32.1. The van der Waals surface area contributed by atoms with E-state index in [2.05, 4.69) is 4.98 Å². The SMILES string of the molecule is CCOC(=O)/C=C/[C@@H](COC(c1ccccc1)(c1ccc(OC)cc1)c1ccc(OC)cc1)O[C@H](COC(=S)Oc1ccccc1)n1cc(C)c(=O)[nH]c1=O. The highest BCUT2D eigenvalue weighted by Gasteiger charge is 2.39. The molecule has 0 amide bonds. The maximum Gasteiger partial charge on any atom is 0.358 e. The van der Waals surface area contributed by atoms with Crippen LogP contribution in [-0.4, -0.2) is 60.9 Å². The third-order valence-corrected chi connectivity index (χ3v) is 8.65. The van der Waals surface area contributed by atoms with E-state index in [-0.39, 0.29) is 30.6 Å². The van der Waals surface area contributed by atoms with E-state index >= 15 is 0 Å². The number of aryl methyl sites for hydroxylation is 1. The molecule has 5 rings (SSSR count). The molecular formula is C42H42N2O10S. The summed E-state index contributed by atoms with van der Waals surface area (Å²) < 4.78 is 42.3. The Morgan fingerprint density at radius 3 is 1.91 bits per heavy atom. The summed E-state index contributed by atoms with van der Waals surface area (Å²) in [5, 5.41) is -0.231. The van der Waals surface area contributed by atoms with Gasteiger partial charge in [0.05, 0.1) is 27.4 Å². The second-order valence-corrected chi connectivity index (χ2v) is 12.3. The minimum Gasteiger partial charge on any atom is -0.497 e. The lowest BCUT2D eigenvalue weighted by atomic mass is 9.80. The van der Waals surface area contributed by atoms with Gasteiger partial charge in [0, 0.05) is 30.1 Å². The summed E-state index contributed by atoms with van der Waals surface area (Å²) in [5.41, 5.74) is -0.0211. The Morgan fingerprint density at radius 2 is 1.35 bits per heavy atom. The van der Waals surface area contributed by atoms with Crippen molar-refractivity contribution in [2.45, 2.75) is 31.8 Å². The van der Waals surface area contributed by atoms with Crippen LogP contribution < -0.4 is 25.5 Å². The van der Waals surface area contributed by atoms with Crippen molar-refractivity contribution in [2.24, 2.45) is 0 Å². The number of aromatic amines is 1. The molecule has 0 saturated carbocycles. The van der Waals surface area contributed by atoms with Crippen molar-refractivity contribution in [3.05, 3.63) is 171 Å². The predicted molar refractivity (Wildman–Crippen MR) is 210 cm³/mol. The predicted octanol–water partition coefficient (Wildman–Crippen LogP) is 6.25. The quantitative estimate of drug-likeness (QED) is 0.0498. The van der Waals surface area contributed by atoms with Crippen LogP contribution in [0, 0.1) is 6.92 Å². The second kappa shape index (κ2) is 19.3. The van der Waals surface area contributed by atoms with Crippen LogP contribution in [-0.2, 0) is 29.3 Å². The van der Waals surface area contributed by atoms with Crippen molar-refractivity contribution >= 4 is 23.4 Å². The molecule has 0 aliphatic carbocycles. The number of hydrogen-bond acceptors (Lipinski definition) is 11. The number of rotatable bonds is 17.